The molecule has 130 valence electrons. The SMILES string of the molecule is CC(C)C(C)NC(=O)c1ccc(N(C)S(=O)(=O)c2cccs2)cc1. The van der Waals surface area contributed by atoms with Crippen molar-refractivity contribution in [2.45, 2.75) is 31.0 Å². The summed E-state index contributed by atoms with van der Waals surface area (Å²) in [4.78, 5) is 12.2. The molecule has 24 heavy (non-hydrogen) atoms. The quantitative estimate of drug-likeness (QED) is 0.852. The van der Waals surface area contributed by atoms with Crippen LogP contribution in [0.3, 0.4) is 0 Å². The second-order valence-corrected chi connectivity index (χ2v) is 9.10. The highest BCUT2D eigenvalue weighted by Gasteiger charge is 2.22. The number of nitrogens with one attached hydrogen (secondary N) is 1. The smallest absolute Gasteiger partial charge is 0.273 e. The average Bonchev–Trinajstić information content (AvgIpc) is 3.09. The first-order valence-corrected chi connectivity index (χ1v) is 9.99. The van der Waals surface area contributed by atoms with Crippen molar-refractivity contribution < 1.29 is 13.2 Å². The van der Waals surface area contributed by atoms with Crippen molar-refractivity contribution in [1.29, 1.82) is 0 Å². The van der Waals surface area contributed by atoms with Gasteiger partial charge in [-0.1, -0.05) is 19.9 Å². The number of hydrogen-bond acceptors (Lipinski definition) is 4. The summed E-state index contributed by atoms with van der Waals surface area (Å²) in [6, 6.07) is 9.90. The lowest BCUT2D eigenvalue weighted by atomic mass is 10.1. The van der Waals surface area contributed by atoms with E-state index in [2.05, 4.69) is 5.32 Å². The zero-order valence-electron chi connectivity index (χ0n) is 14.2. The van der Waals surface area contributed by atoms with Crippen LogP contribution in [0.2, 0.25) is 0 Å². The van der Waals surface area contributed by atoms with E-state index in [1.807, 2.05) is 20.8 Å². The molecule has 2 rings (SSSR count). The van der Waals surface area contributed by atoms with E-state index >= 15 is 0 Å². The van der Waals surface area contributed by atoms with E-state index in [1.54, 1.807) is 41.8 Å². The van der Waals surface area contributed by atoms with Gasteiger partial charge in [-0.2, -0.15) is 0 Å². The standard InChI is InChI=1S/C17H22N2O3S2/c1-12(2)13(3)18-17(20)14-7-9-15(10-8-14)19(4)24(21,22)16-6-5-11-23-16/h5-13H,1-4H3,(H,18,20). The number of nitrogens with zero attached hydrogens (tertiary/aromatic N) is 1. The molecule has 2 aromatic rings. The number of carbonyl (C=O) groups excluding carboxylic acids is 1. The Morgan fingerprint density at radius 3 is 2.25 bits per heavy atom. The Labute approximate surface area is 147 Å². The van der Waals surface area contributed by atoms with Gasteiger partial charge in [0.1, 0.15) is 4.21 Å². The van der Waals surface area contributed by atoms with Crippen LogP contribution in [-0.4, -0.2) is 27.4 Å². The van der Waals surface area contributed by atoms with Crippen LogP contribution >= 0.6 is 11.3 Å². The van der Waals surface area contributed by atoms with Crippen molar-refractivity contribution in [3.8, 4) is 0 Å². The maximum Gasteiger partial charge on any atom is 0.273 e. The Kier molecular flexibility index (Phi) is 5.66. The third-order valence-electron chi connectivity index (χ3n) is 3.96. The monoisotopic (exact) mass is 366 g/mol. The Bertz CT molecular complexity index is 782. The average molecular weight is 367 g/mol. The molecule has 7 heteroatoms. The Morgan fingerprint density at radius 2 is 1.75 bits per heavy atom. The summed E-state index contributed by atoms with van der Waals surface area (Å²) in [7, 11) is -2.06. The van der Waals surface area contributed by atoms with Gasteiger partial charge in [0.25, 0.3) is 15.9 Å². The van der Waals surface area contributed by atoms with Crippen molar-refractivity contribution in [2.75, 3.05) is 11.4 Å². The van der Waals surface area contributed by atoms with Crippen LogP contribution in [0.15, 0.2) is 46.0 Å². The number of rotatable bonds is 6. The summed E-state index contributed by atoms with van der Waals surface area (Å²) >= 11 is 1.18. The highest BCUT2D eigenvalue weighted by Crippen LogP contribution is 2.25. The zero-order valence-corrected chi connectivity index (χ0v) is 15.8. The van der Waals surface area contributed by atoms with E-state index in [0.717, 1.165) is 0 Å². The minimum absolute atomic E-state index is 0.0686. The molecule has 1 unspecified atom stereocenters. The molecular formula is C17H22N2O3S2. The van der Waals surface area contributed by atoms with Crippen molar-refractivity contribution >= 4 is 33.0 Å². The fraction of sp³-hybridized carbons (Fsp3) is 0.353. The van der Waals surface area contributed by atoms with Gasteiger partial charge in [0.2, 0.25) is 0 Å². The molecular weight excluding hydrogens is 344 g/mol. The molecule has 1 atom stereocenters. The number of sulfonamides is 1. The van der Waals surface area contributed by atoms with Crippen molar-refractivity contribution in [2.24, 2.45) is 5.92 Å². The van der Waals surface area contributed by atoms with Gasteiger partial charge < -0.3 is 5.32 Å². The first-order chi connectivity index (χ1) is 11.2. The van der Waals surface area contributed by atoms with Crippen LogP contribution in [0.4, 0.5) is 5.69 Å². The van der Waals surface area contributed by atoms with Gasteiger partial charge in [-0.3, -0.25) is 9.10 Å². The molecule has 0 fully saturated rings. The molecule has 0 saturated carbocycles. The Hall–Kier alpha value is -1.86. The van der Waals surface area contributed by atoms with Gasteiger partial charge in [0.15, 0.2) is 0 Å². The van der Waals surface area contributed by atoms with Crippen molar-refractivity contribution in [3.05, 3.63) is 47.3 Å². The summed E-state index contributed by atoms with van der Waals surface area (Å²) in [6.45, 7) is 6.04. The van der Waals surface area contributed by atoms with Gasteiger partial charge in [-0.25, -0.2) is 8.42 Å². The highest BCUT2D eigenvalue weighted by molar-refractivity contribution is 7.94. The molecule has 1 aromatic carbocycles. The van der Waals surface area contributed by atoms with E-state index in [-0.39, 0.29) is 16.2 Å². The third kappa shape index (κ3) is 3.96. The van der Waals surface area contributed by atoms with Crippen LogP contribution < -0.4 is 9.62 Å². The van der Waals surface area contributed by atoms with E-state index in [4.69, 9.17) is 0 Å². The summed E-state index contributed by atoms with van der Waals surface area (Å²) < 4.78 is 26.5. The number of amides is 1. The largest absolute Gasteiger partial charge is 0.349 e. The molecule has 1 N–H and O–H groups in total. The molecule has 0 aliphatic heterocycles. The second kappa shape index (κ2) is 7.36. The minimum Gasteiger partial charge on any atom is -0.349 e. The first-order valence-electron chi connectivity index (χ1n) is 7.67. The lowest BCUT2D eigenvalue weighted by molar-refractivity contribution is 0.0930. The molecule has 1 aromatic heterocycles. The maximum atomic E-state index is 12.5. The fourth-order valence-corrected chi connectivity index (χ4v) is 4.32. The van der Waals surface area contributed by atoms with Crippen molar-refractivity contribution in [3.63, 3.8) is 0 Å². The molecule has 0 bridgehead atoms. The van der Waals surface area contributed by atoms with Crippen LogP contribution in [-0.2, 0) is 10.0 Å². The molecule has 0 aliphatic rings. The summed E-state index contributed by atoms with van der Waals surface area (Å²) in [5, 5.41) is 4.65. The van der Waals surface area contributed by atoms with Gasteiger partial charge in [-0.05, 0) is 48.6 Å². The maximum absolute atomic E-state index is 12.5. The molecule has 0 aliphatic carbocycles. The predicted molar refractivity (Wildman–Crippen MR) is 98.1 cm³/mol. The molecule has 0 radical (unpaired) electrons. The number of carbonyl (C=O) groups is 1. The van der Waals surface area contributed by atoms with Crippen LogP contribution in [0, 0.1) is 5.92 Å². The van der Waals surface area contributed by atoms with E-state index in [1.165, 1.54) is 22.7 Å². The summed E-state index contributed by atoms with van der Waals surface area (Å²) in [6.07, 6.45) is 0. The number of benzene rings is 1. The molecule has 1 amide bonds. The van der Waals surface area contributed by atoms with Crippen LogP contribution in [0.5, 0.6) is 0 Å². The lowest BCUT2D eigenvalue weighted by Gasteiger charge is -2.19. The minimum atomic E-state index is -3.56. The van der Waals surface area contributed by atoms with Crippen LogP contribution in [0.25, 0.3) is 0 Å². The molecule has 0 spiro atoms. The second-order valence-electron chi connectivity index (χ2n) is 5.96. The van der Waals surface area contributed by atoms with E-state index in [0.29, 0.717) is 17.2 Å². The van der Waals surface area contributed by atoms with Gasteiger partial charge in [-0.15, -0.1) is 11.3 Å². The summed E-state index contributed by atoms with van der Waals surface area (Å²) in [5.41, 5.74) is 1.02. The third-order valence-corrected chi connectivity index (χ3v) is 7.12. The fourth-order valence-electron chi connectivity index (χ4n) is 1.96. The van der Waals surface area contributed by atoms with Gasteiger partial charge >= 0.3 is 0 Å². The van der Waals surface area contributed by atoms with Crippen molar-refractivity contribution in [1.82, 2.24) is 5.32 Å². The topological polar surface area (TPSA) is 66.5 Å². The molecule has 0 saturated heterocycles. The van der Waals surface area contributed by atoms with Crippen LogP contribution in [0.1, 0.15) is 31.1 Å². The number of thiophene rings is 1. The summed E-state index contributed by atoms with van der Waals surface area (Å²) in [5.74, 6) is 0.182. The van der Waals surface area contributed by atoms with E-state index < -0.39 is 10.0 Å². The zero-order chi connectivity index (χ0) is 17.9. The predicted octanol–water partition coefficient (Wildman–Crippen LogP) is 3.35. The number of hydrogen-bond donors (Lipinski definition) is 1. The number of anilines is 1. The first kappa shape index (κ1) is 18.5. The van der Waals surface area contributed by atoms with E-state index in [9.17, 15) is 13.2 Å². The molecule has 1 heterocycles. The van der Waals surface area contributed by atoms with Gasteiger partial charge in [0, 0.05) is 18.7 Å². The van der Waals surface area contributed by atoms with Gasteiger partial charge in [0.05, 0.1) is 5.69 Å². The lowest BCUT2D eigenvalue weighted by Crippen LogP contribution is -2.36. The molecule has 5 nitrogen and oxygen atoms in total. The normalized spacial score (nSPS) is 12.9. The highest BCUT2D eigenvalue weighted by atomic mass is 32.2. The Morgan fingerprint density at radius 1 is 1.12 bits per heavy atom. The Balaban J connectivity index is 2.16.